The van der Waals surface area contributed by atoms with Gasteiger partial charge in [-0.25, -0.2) is 0 Å². The molecule has 2 nitrogen and oxygen atoms in total. The van der Waals surface area contributed by atoms with Crippen molar-refractivity contribution in [2.45, 2.75) is 159 Å². The molecule has 0 amide bonds. The highest BCUT2D eigenvalue weighted by atomic mass is 16.3. The first-order chi connectivity index (χ1) is 20.2. The highest BCUT2D eigenvalue weighted by Gasteiger charge is 2.69. The van der Waals surface area contributed by atoms with Crippen molar-refractivity contribution in [3.63, 3.8) is 0 Å². The van der Waals surface area contributed by atoms with Crippen molar-refractivity contribution in [3.05, 3.63) is 58.7 Å². The van der Waals surface area contributed by atoms with E-state index in [0.717, 1.165) is 0 Å². The minimum atomic E-state index is 0.161. The minimum Gasteiger partial charge on any atom is -0.508 e. The van der Waals surface area contributed by atoms with Crippen LogP contribution in [0.1, 0.15) is 170 Å². The van der Waals surface area contributed by atoms with Crippen molar-refractivity contribution in [3.8, 4) is 11.5 Å². The molecule has 2 aromatic carbocycles. The van der Waals surface area contributed by atoms with Crippen molar-refractivity contribution < 1.29 is 10.2 Å². The molecular formula is C40H56O2. The summed E-state index contributed by atoms with van der Waals surface area (Å²) >= 11 is 0. The molecule has 4 bridgehead atoms. The summed E-state index contributed by atoms with van der Waals surface area (Å²) in [6, 6.07) is 13.8. The van der Waals surface area contributed by atoms with Crippen molar-refractivity contribution >= 4 is 0 Å². The Balaban J connectivity index is 1.37. The highest BCUT2D eigenvalue weighted by Crippen LogP contribution is 2.77. The lowest BCUT2D eigenvalue weighted by Crippen LogP contribution is -2.65. The Kier molecular flexibility index (Phi) is 7.26. The third kappa shape index (κ3) is 4.64. The van der Waals surface area contributed by atoms with Gasteiger partial charge in [-0.2, -0.15) is 0 Å². The number of benzene rings is 2. The molecule has 0 radical (unpaired) electrons. The fourth-order valence-electron chi connectivity index (χ4n) is 12.2. The van der Waals surface area contributed by atoms with Crippen LogP contribution in [-0.2, 0) is 10.8 Å². The number of aromatic hydroxyl groups is 2. The third-order valence-electron chi connectivity index (χ3n) is 13.6. The predicted octanol–water partition coefficient (Wildman–Crippen LogP) is 11.2. The van der Waals surface area contributed by atoms with Crippen LogP contribution in [0.2, 0.25) is 0 Å². The fraction of sp³-hybridized carbons (Fsp3) is 0.700. The minimum absolute atomic E-state index is 0.161. The summed E-state index contributed by atoms with van der Waals surface area (Å²) in [7, 11) is 0. The first-order valence-electron chi connectivity index (χ1n) is 17.9. The second-order valence-electron chi connectivity index (χ2n) is 16.6. The van der Waals surface area contributed by atoms with Crippen LogP contribution in [0.15, 0.2) is 36.4 Å². The molecule has 6 saturated carbocycles. The maximum Gasteiger partial charge on any atom is 0.119 e. The van der Waals surface area contributed by atoms with Crippen LogP contribution in [0.3, 0.4) is 0 Å². The normalized spacial score (nSPS) is 35.2. The van der Waals surface area contributed by atoms with E-state index in [2.05, 4.69) is 57.2 Å². The standard InChI is InChI=1S/C40H56O2/c1-4-19-37-22-38(28(2)3)25-39(23-37,31-15-17-35(41)33(20-31)29-11-7-5-8-12-29)27-40(24-37,26-38)32-16-18-36(42)34(21-32)30-13-9-6-10-14-30/h15-18,20-21,28-30,41-42H,4-14,19,22-27H2,1-3H3. The Morgan fingerprint density at radius 2 is 1.12 bits per heavy atom. The average molecular weight is 569 g/mol. The molecule has 228 valence electrons. The summed E-state index contributed by atoms with van der Waals surface area (Å²) in [6.07, 6.45) is 23.2. The molecule has 6 aliphatic rings. The van der Waals surface area contributed by atoms with Crippen LogP contribution >= 0.6 is 0 Å². The van der Waals surface area contributed by atoms with Crippen molar-refractivity contribution in [1.82, 2.24) is 0 Å². The van der Waals surface area contributed by atoms with Crippen LogP contribution < -0.4 is 0 Å². The average Bonchev–Trinajstić information content (AvgIpc) is 2.97. The number of rotatable bonds is 7. The molecule has 0 spiro atoms. The van der Waals surface area contributed by atoms with E-state index in [1.165, 1.54) is 138 Å². The van der Waals surface area contributed by atoms with Gasteiger partial charge in [0.05, 0.1) is 0 Å². The van der Waals surface area contributed by atoms with Gasteiger partial charge in [0.2, 0.25) is 0 Å². The number of hydrogen-bond donors (Lipinski definition) is 2. The number of phenols is 2. The second-order valence-corrected chi connectivity index (χ2v) is 16.6. The maximum atomic E-state index is 11.1. The van der Waals surface area contributed by atoms with Gasteiger partial charge in [-0.3, -0.25) is 0 Å². The van der Waals surface area contributed by atoms with Crippen LogP contribution in [-0.4, -0.2) is 10.2 Å². The molecular weight excluding hydrogens is 512 g/mol. The van der Waals surface area contributed by atoms with Gasteiger partial charge in [0.1, 0.15) is 11.5 Å². The molecule has 2 N–H and O–H groups in total. The zero-order chi connectivity index (χ0) is 29.2. The summed E-state index contributed by atoms with van der Waals surface area (Å²) in [5.74, 6) is 2.74. The maximum absolute atomic E-state index is 11.1. The first kappa shape index (κ1) is 28.8. The van der Waals surface area contributed by atoms with Gasteiger partial charge in [0, 0.05) is 0 Å². The Labute approximate surface area is 255 Å². The third-order valence-corrected chi connectivity index (χ3v) is 13.6. The Hall–Kier alpha value is -1.96. The number of phenolic OH excluding ortho intramolecular Hbond substituents is 2. The van der Waals surface area contributed by atoms with Crippen molar-refractivity contribution in [1.29, 1.82) is 0 Å². The smallest absolute Gasteiger partial charge is 0.119 e. The lowest BCUT2D eigenvalue weighted by atomic mass is 9.32. The van der Waals surface area contributed by atoms with Crippen molar-refractivity contribution in [2.24, 2.45) is 16.7 Å². The SMILES string of the molecule is CCCC12CC3(c4ccc(O)c(C5CCCCC5)c4)CC(c4ccc(O)c(C5CCCCC5)c4)(C1)CC(C(C)C)(C2)C3. The van der Waals surface area contributed by atoms with E-state index in [9.17, 15) is 10.2 Å². The van der Waals surface area contributed by atoms with Gasteiger partial charge >= 0.3 is 0 Å². The van der Waals surface area contributed by atoms with Gasteiger partial charge < -0.3 is 10.2 Å². The topological polar surface area (TPSA) is 40.5 Å². The molecule has 2 atom stereocenters. The van der Waals surface area contributed by atoms with Gasteiger partial charge in [0.15, 0.2) is 0 Å². The molecule has 6 fully saturated rings. The zero-order valence-corrected chi connectivity index (χ0v) is 26.8. The van der Waals surface area contributed by atoms with Crippen LogP contribution in [0, 0.1) is 16.7 Å². The summed E-state index contributed by atoms with van der Waals surface area (Å²) in [5.41, 5.74) is 6.58. The van der Waals surface area contributed by atoms with Crippen LogP contribution in [0.5, 0.6) is 11.5 Å². The monoisotopic (exact) mass is 568 g/mol. The van der Waals surface area contributed by atoms with E-state index in [4.69, 9.17) is 0 Å². The molecule has 42 heavy (non-hydrogen) atoms. The van der Waals surface area contributed by atoms with Crippen LogP contribution in [0.25, 0.3) is 0 Å². The van der Waals surface area contributed by atoms with Crippen LogP contribution in [0.4, 0.5) is 0 Å². The molecule has 2 aromatic rings. The summed E-state index contributed by atoms with van der Waals surface area (Å²) in [4.78, 5) is 0. The largest absolute Gasteiger partial charge is 0.508 e. The predicted molar refractivity (Wildman–Crippen MR) is 174 cm³/mol. The molecule has 0 aliphatic heterocycles. The Morgan fingerprint density at radius 3 is 1.55 bits per heavy atom. The highest BCUT2D eigenvalue weighted by molar-refractivity contribution is 5.48. The summed E-state index contributed by atoms with van der Waals surface area (Å²) in [6.45, 7) is 7.44. The van der Waals surface area contributed by atoms with Gasteiger partial charge in [0.25, 0.3) is 0 Å². The van der Waals surface area contributed by atoms with E-state index < -0.39 is 0 Å². The van der Waals surface area contributed by atoms with Gasteiger partial charge in [-0.05, 0) is 144 Å². The number of hydrogen-bond acceptors (Lipinski definition) is 2. The Bertz CT molecular complexity index is 1210. The van der Waals surface area contributed by atoms with Gasteiger partial charge in [-0.15, -0.1) is 0 Å². The van der Waals surface area contributed by atoms with E-state index in [-0.39, 0.29) is 10.8 Å². The Morgan fingerprint density at radius 1 is 0.643 bits per heavy atom. The summed E-state index contributed by atoms with van der Waals surface area (Å²) in [5, 5.41) is 22.3. The molecule has 2 unspecified atom stereocenters. The molecule has 0 aromatic heterocycles. The molecule has 0 saturated heterocycles. The van der Waals surface area contributed by atoms with E-state index >= 15 is 0 Å². The van der Waals surface area contributed by atoms with E-state index in [1.54, 1.807) is 0 Å². The molecule has 0 heterocycles. The lowest BCUT2D eigenvalue weighted by Gasteiger charge is -2.72. The zero-order valence-electron chi connectivity index (χ0n) is 26.8. The molecule has 6 aliphatic carbocycles. The van der Waals surface area contributed by atoms with Gasteiger partial charge in [-0.1, -0.05) is 90.0 Å². The summed E-state index contributed by atoms with van der Waals surface area (Å²) < 4.78 is 0. The quantitative estimate of drug-likeness (QED) is 0.349. The fourth-order valence-corrected chi connectivity index (χ4v) is 12.2. The molecule has 8 rings (SSSR count). The lowest BCUT2D eigenvalue weighted by molar-refractivity contribution is -0.162. The van der Waals surface area contributed by atoms with E-state index in [0.29, 0.717) is 40.1 Å². The van der Waals surface area contributed by atoms with Crippen molar-refractivity contribution in [2.75, 3.05) is 0 Å². The second kappa shape index (κ2) is 10.6. The first-order valence-corrected chi connectivity index (χ1v) is 17.9. The van der Waals surface area contributed by atoms with E-state index in [1.807, 2.05) is 0 Å². The molecule has 2 heteroatoms.